The molecule has 1 amide bonds. The number of aromatic nitrogens is 2. The second-order valence-electron chi connectivity index (χ2n) is 6.77. The number of pyridine rings is 1. The molecule has 0 spiro atoms. The van der Waals surface area contributed by atoms with Crippen molar-refractivity contribution in [2.45, 2.75) is 13.8 Å². The summed E-state index contributed by atoms with van der Waals surface area (Å²) >= 11 is 11.6. The molecule has 4 rings (SSSR count). The van der Waals surface area contributed by atoms with Crippen molar-refractivity contribution in [3.63, 3.8) is 0 Å². The molecule has 0 aliphatic heterocycles. The number of anilines is 1. The van der Waals surface area contributed by atoms with Gasteiger partial charge in [-0.25, -0.2) is 4.98 Å². The molecule has 0 aliphatic carbocycles. The van der Waals surface area contributed by atoms with E-state index >= 15 is 0 Å². The summed E-state index contributed by atoms with van der Waals surface area (Å²) < 4.78 is 5.75. The minimum absolute atomic E-state index is 0.174. The van der Waals surface area contributed by atoms with Crippen molar-refractivity contribution < 1.29 is 9.21 Å². The maximum Gasteiger partial charge on any atom is 0.257 e. The topological polar surface area (TPSA) is 80.0 Å². The van der Waals surface area contributed by atoms with E-state index in [9.17, 15) is 4.79 Å². The lowest BCUT2D eigenvalue weighted by molar-refractivity contribution is 0.0977. The highest BCUT2D eigenvalue weighted by Crippen LogP contribution is 2.31. The van der Waals surface area contributed by atoms with Gasteiger partial charge in [-0.15, -0.1) is 0 Å². The molecule has 0 bridgehead atoms. The third kappa shape index (κ3) is 4.17. The molecule has 8 heteroatoms. The maximum absolute atomic E-state index is 12.5. The van der Waals surface area contributed by atoms with Crippen LogP contribution in [0.4, 0.5) is 5.69 Å². The van der Waals surface area contributed by atoms with Gasteiger partial charge in [0.25, 0.3) is 5.91 Å². The van der Waals surface area contributed by atoms with Gasteiger partial charge in [-0.3, -0.25) is 10.1 Å². The smallest absolute Gasteiger partial charge is 0.257 e. The molecule has 2 N–H and O–H groups in total. The van der Waals surface area contributed by atoms with Crippen LogP contribution in [0, 0.1) is 13.8 Å². The Balaban J connectivity index is 1.52. The highest BCUT2D eigenvalue weighted by molar-refractivity contribution is 7.80. The minimum atomic E-state index is -0.274. The number of hydrogen-bond donors (Lipinski definition) is 2. The highest BCUT2D eigenvalue weighted by Gasteiger charge is 2.15. The summed E-state index contributed by atoms with van der Waals surface area (Å²) in [5.74, 6) is 0.0757. The number of carbonyl (C=O) groups excluding carboxylic acids is 1. The van der Waals surface area contributed by atoms with Crippen molar-refractivity contribution in [3.05, 3.63) is 76.4 Å². The van der Waals surface area contributed by atoms with Crippen molar-refractivity contribution in [3.8, 4) is 11.5 Å². The van der Waals surface area contributed by atoms with Crippen molar-refractivity contribution in [2.24, 2.45) is 0 Å². The van der Waals surface area contributed by atoms with Gasteiger partial charge in [-0.05, 0) is 68.0 Å². The molecule has 6 nitrogen and oxygen atoms in total. The number of fused-ring (bicyclic) bond motifs is 1. The summed E-state index contributed by atoms with van der Waals surface area (Å²) in [6.45, 7) is 3.87. The van der Waals surface area contributed by atoms with Gasteiger partial charge in [0.05, 0.1) is 10.6 Å². The molecular formula is C22H17ClN4O2S. The molecule has 2 aromatic carbocycles. The van der Waals surface area contributed by atoms with Crippen LogP contribution in [0.25, 0.3) is 22.7 Å². The third-order valence-corrected chi connectivity index (χ3v) is 5.01. The van der Waals surface area contributed by atoms with E-state index in [2.05, 4.69) is 20.6 Å². The van der Waals surface area contributed by atoms with E-state index in [1.165, 1.54) is 0 Å². The van der Waals surface area contributed by atoms with Crippen molar-refractivity contribution in [1.29, 1.82) is 0 Å². The molecule has 0 aliphatic rings. The number of rotatable bonds is 3. The van der Waals surface area contributed by atoms with E-state index in [4.69, 9.17) is 28.2 Å². The lowest BCUT2D eigenvalue weighted by Crippen LogP contribution is -2.34. The van der Waals surface area contributed by atoms with Gasteiger partial charge < -0.3 is 9.73 Å². The standard InChI is InChI=1S/C22H17ClN4O2S/c1-12-5-7-15(13(2)10-12)20(28)27-22(30)25-14-6-8-17(23)16(11-14)21-26-19-18(29-21)4-3-9-24-19/h3-11H,1-2H3,(H2,25,27,28,30). The molecule has 30 heavy (non-hydrogen) atoms. The van der Waals surface area contributed by atoms with E-state index in [0.29, 0.717) is 39.0 Å². The second-order valence-corrected chi connectivity index (χ2v) is 7.58. The first-order chi connectivity index (χ1) is 14.4. The third-order valence-electron chi connectivity index (χ3n) is 4.47. The van der Waals surface area contributed by atoms with E-state index < -0.39 is 0 Å². The van der Waals surface area contributed by atoms with Gasteiger partial charge in [-0.1, -0.05) is 29.3 Å². The normalized spacial score (nSPS) is 10.8. The lowest BCUT2D eigenvalue weighted by Gasteiger charge is -2.12. The molecule has 2 aromatic heterocycles. The van der Waals surface area contributed by atoms with Crippen LogP contribution in [-0.2, 0) is 0 Å². The number of nitrogens with one attached hydrogen (secondary N) is 2. The molecule has 4 aromatic rings. The first-order valence-corrected chi connectivity index (χ1v) is 9.90. The first-order valence-electron chi connectivity index (χ1n) is 9.12. The van der Waals surface area contributed by atoms with Crippen LogP contribution in [0.15, 0.2) is 59.1 Å². The summed E-state index contributed by atoms with van der Waals surface area (Å²) in [7, 11) is 0. The summed E-state index contributed by atoms with van der Waals surface area (Å²) in [5, 5.41) is 6.34. The second kappa shape index (κ2) is 8.22. The minimum Gasteiger partial charge on any atom is -0.434 e. The van der Waals surface area contributed by atoms with Crippen LogP contribution < -0.4 is 10.6 Å². The van der Waals surface area contributed by atoms with E-state index in [1.54, 1.807) is 42.6 Å². The number of amides is 1. The zero-order chi connectivity index (χ0) is 21.3. The first kappa shape index (κ1) is 20.0. The predicted molar refractivity (Wildman–Crippen MR) is 122 cm³/mol. The number of halogens is 1. The van der Waals surface area contributed by atoms with E-state index in [-0.39, 0.29) is 11.0 Å². The summed E-state index contributed by atoms with van der Waals surface area (Å²) in [4.78, 5) is 21.1. The summed E-state index contributed by atoms with van der Waals surface area (Å²) in [5.41, 5.74) is 4.83. The fourth-order valence-electron chi connectivity index (χ4n) is 3.05. The van der Waals surface area contributed by atoms with Gasteiger partial charge in [0.15, 0.2) is 16.3 Å². The van der Waals surface area contributed by atoms with Crippen LogP contribution >= 0.6 is 23.8 Å². The lowest BCUT2D eigenvalue weighted by atomic mass is 10.1. The number of oxazole rings is 1. The number of hydrogen-bond acceptors (Lipinski definition) is 5. The van der Waals surface area contributed by atoms with Crippen molar-refractivity contribution in [1.82, 2.24) is 15.3 Å². The Kier molecular flexibility index (Phi) is 5.48. The molecule has 2 heterocycles. The quantitative estimate of drug-likeness (QED) is 0.425. The number of carbonyl (C=O) groups is 1. The van der Waals surface area contributed by atoms with Gasteiger partial charge in [0, 0.05) is 17.4 Å². The molecule has 0 saturated carbocycles. The number of aryl methyl sites for hydroxylation is 2. The van der Waals surface area contributed by atoms with E-state index in [0.717, 1.165) is 11.1 Å². The Morgan fingerprint density at radius 3 is 2.73 bits per heavy atom. The van der Waals surface area contributed by atoms with Crippen LogP contribution in [0.1, 0.15) is 21.5 Å². The molecule has 0 unspecified atom stereocenters. The average molecular weight is 437 g/mol. The molecule has 0 saturated heterocycles. The summed E-state index contributed by atoms with van der Waals surface area (Å²) in [6, 6.07) is 14.4. The SMILES string of the molecule is Cc1ccc(C(=O)NC(=S)Nc2ccc(Cl)c(-c3nc4ncccc4o3)c2)c(C)c1. The molecule has 0 atom stereocenters. The Labute approximate surface area is 183 Å². The van der Waals surface area contributed by atoms with E-state index in [1.807, 2.05) is 26.0 Å². The number of nitrogens with zero attached hydrogens (tertiary/aromatic N) is 2. The number of benzene rings is 2. The Bertz CT molecular complexity index is 1250. The fraction of sp³-hybridized carbons (Fsp3) is 0.0909. The zero-order valence-corrected chi connectivity index (χ0v) is 17.8. The number of thiocarbonyl (C=S) groups is 1. The highest BCUT2D eigenvalue weighted by atomic mass is 35.5. The Hall–Kier alpha value is -3.29. The predicted octanol–water partition coefficient (Wildman–Crippen LogP) is 5.29. The monoisotopic (exact) mass is 436 g/mol. The Morgan fingerprint density at radius 1 is 1.13 bits per heavy atom. The molecule has 0 fully saturated rings. The van der Waals surface area contributed by atoms with Gasteiger partial charge in [0.2, 0.25) is 5.89 Å². The van der Waals surface area contributed by atoms with Gasteiger partial charge >= 0.3 is 0 Å². The maximum atomic E-state index is 12.5. The van der Waals surface area contributed by atoms with Crippen molar-refractivity contribution in [2.75, 3.05) is 5.32 Å². The fourth-order valence-corrected chi connectivity index (χ4v) is 3.46. The molecule has 0 radical (unpaired) electrons. The van der Waals surface area contributed by atoms with Crippen molar-refractivity contribution >= 4 is 51.8 Å². The van der Waals surface area contributed by atoms with Crippen LogP contribution in [0.2, 0.25) is 5.02 Å². The molecule has 150 valence electrons. The summed E-state index contributed by atoms with van der Waals surface area (Å²) in [6.07, 6.45) is 1.64. The van der Waals surface area contributed by atoms with Gasteiger partial charge in [0.1, 0.15) is 0 Å². The largest absolute Gasteiger partial charge is 0.434 e. The van der Waals surface area contributed by atoms with Crippen LogP contribution in [0.3, 0.4) is 0 Å². The molecular weight excluding hydrogens is 420 g/mol. The van der Waals surface area contributed by atoms with Crippen LogP contribution in [-0.4, -0.2) is 21.0 Å². The van der Waals surface area contributed by atoms with Gasteiger partial charge in [-0.2, -0.15) is 4.98 Å². The average Bonchev–Trinajstić information content (AvgIpc) is 3.13. The zero-order valence-electron chi connectivity index (χ0n) is 16.2. The Morgan fingerprint density at radius 2 is 1.97 bits per heavy atom. The van der Waals surface area contributed by atoms with Crippen LogP contribution in [0.5, 0.6) is 0 Å².